The van der Waals surface area contributed by atoms with Crippen LogP contribution in [0.1, 0.15) is 31.4 Å². The topological polar surface area (TPSA) is 23.6 Å². The van der Waals surface area contributed by atoms with Gasteiger partial charge in [-0.2, -0.15) is 0 Å². The van der Waals surface area contributed by atoms with Crippen LogP contribution in [0.25, 0.3) is 0 Å². The van der Waals surface area contributed by atoms with Crippen molar-refractivity contribution in [2.45, 2.75) is 25.8 Å². The molecule has 1 heterocycles. The lowest BCUT2D eigenvalue weighted by Crippen LogP contribution is -2.32. The lowest BCUT2D eigenvalue weighted by Gasteiger charge is -2.26. The van der Waals surface area contributed by atoms with Crippen LogP contribution in [0.15, 0.2) is 30.3 Å². The molecule has 1 fully saturated rings. The Morgan fingerprint density at radius 2 is 1.95 bits per heavy atom. The first-order chi connectivity index (χ1) is 10.1. The summed E-state index contributed by atoms with van der Waals surface area (Å²) in [5, 5.41) is 0. The summed E-state index contributed by atoms with van der Waals surface area (Å²) in [6.07, 6.45) is 2.42. The maximum absolute atomic E-state index is 12.3. The molecule has 0 N–H and O–H groups in total. The van der Waals surface area contributed by atoms with Gasteiger partial charge in [0.25, 0.3) is 0 Å². The van der Waals surface area contributed by atoms with Crippen LogP contribution >= 0.6 is 24.0 Å². The van der Waals surface area contributed by atoms with Gasteiger partial charge in [0, 0.05) is 20.1 Å². The molecule has 0 saturated carbocycles. The first kappa shape index (κ1) is 16.3. The van der Waals surface area contributed by atoms with Crippen molar-refractivity contribution in [2.75, 3.05) is 25.9 Å². The van der Waals surface area contributed by atoms with Gasteiger partial charge in [0.05, 0.1) is 11.8 Å². The summed E-state index contributed by atoms with van der Waals surface area (Å²) in [6.45, 7) is 4.13. The second-order valence-corrected chi connectivity index (χ2v) is 6.95. The van der Waals surface area contributed by atoms with Crippen molar-refractivity contribution < 1.29 is 4.79 Å². The first-order valence-corrected chi connectivity index (χ1v) is 8.71. The van der Waals surface area contributed by atoms with Crippen molar-refractivity contribution in [1.29, 1.82) is 0 Å². The maximum atomic E-state index is 12.3. The van der Waals surface area contributed by atoms with Gasteiger partial charge in [-0.25, -0.2) is 0 Å². The molecule has 0 spiro atoms. The summed E-state index contributed by atoms with van der Waals surface area (Å²) in [5.41, 5.74) is 1.15. The van der Waals surface area contributed by atoms with Gasteiger partial charge in [0.2, 0.25) is 5.91 Å². The highest BCUT2D eigenvalue weighted by atomic mass is 32.2. The molecule has 0 aliphatic carbocycles. The average Bonchev–Trinajstić information content (AvgIpc) is 3.06. The fraction of sp³-hybridized carbons (Fsp3) is 0.500. The largest absolute Gasteiger partial charge is 0.358 e. The molecule has 1 aromatic carbocycles. The highest BCUT2D eigenvalue weighted by Crippen LogP contribution is 2.21. The Hall–Kier alpha value is -1.07. The van der Waals surface area contributed by atoms with Crippen molar-refractivity contribution in [3.05, 3.63) is 35.9 Å². The second kappa shape index (κ2) is 7.80. The molecule has 0 aromatic heterocycles. The molecule has 0 bridgehead atoms. The lowest BCUT2D eigenvalue weighted by molar-refractivity contribution is -0.128. The second-order valence-electron chi connectivity index (χ2n) is 5.34. The van der Waals surface area contributed by atoms with Crippen LogP contribution in [-0.4, -0.2) is 45.9 Å². The van der Waals surface area contributed by atoms with Crippen molar-refractivity contribution in [2.24, 2.45) is 0 Å². The monoisotopic (exact) mass is 322 g/mol. The number of hydrogen-bond acceptors (Lipinski definition) is 3. The number of rotatable bonds is 4. The van der Waals surface area contributed by atoms with E-state index in [-0.39, 0.29) is 11.9 Å². The summed E-state index contributed by atoms with van der Waals surface area (Å²) < 4.78 is 0.863. The SMILES string of the molecule is CC(c1ccccc1)N(C)C(=O)CSC(=S)N1CCCC1. The standard InChI is InChI=1S/C16H22N2OS2/c1-13(14-8-4-3-5-9-14)17(2)15(19)12-21-16(20)18-10-6-7-11-18/h3-5,8-9,13H,6-7,10-12H2,1-2H3. The molecule has 2 rings (SSSR count). The first-order valence-electron chi connectivity index (χ1n) is 7.32. The number of likely N-dealkylation sites (tertiary alicyclic amines) is 1. The zero-order valence-corrected chi connectivity index (χ0v) is 14.3. The van der Waals surface area contributed by atoms with Crippen LogP contribution < -0.4 is 0 Å². The zero-order valence-electron chi connectivity index (χ0n) is 12.6. The summed E-state index contributed by atoms with van der Waals surface area (Å²) in [7, 11) is 1.86. The molecule has 1 aliphatic rings. The van der Waals surface area contributed by atoms with Gasteiger partial charge in [-0.3, -0.25) is 4.79 Å². The van der Waals surface area contributed by atoms with E-state index in [2.05, 4.69) is 24.0 Å². The average molecular weight is 322 g/mol. The summed E-state index contributed by atoms with van der Waals surface area (Å²) in [4.78, 5) is 16.3. The van der Waals surface area contributed by atoms with E-state index in [4.69, 9.17) is 12.2 Å². The quantitative estimate of drug-likeness (QED) is 0.794. The molecule has 1 unspecified atom stereocenters. The minimum atomic E-state index is 0.0830. The van der Waals surface area contributed by atoms with E-state index in [9.17, 15) is 4.79 Å². The molecule has 3 nitrogen and oxygen atoms in total. The number of carbonyl (C=O) groups excluding carboxylic acids is 1. The van der Waals surface area contributed by atoms with Crippen LogP contribution in [0.3, 0.4) is 0 Å². The molecule has 21 heavy (non-hydrogen) atoms. The Morgan fingerprint density at radius 1 is 1.33 bits per heavy atom. The van der Waals surface area contributed by atoms with Crippen molar-refractivity contribution in [1.82, 2.24) is 9.80 Å². The molecule has 1 aliphatic heterocycles. The van der Waals surface area contributed by atoms with E-state index in [1.807, 2.05) is 25.2 Å². The van der Waals surface area contributed by atoms with E-state index < -0.39 is 0 Å². The number of nitrogens with zero attached hydrogens (tertiary/aromatic N) is 2. The normalized spacial score (nSPS) is 15.8. The van der Waals surface area contributed by atoms with Gasteiger partial charge < -0.3 is 9.80 Å². The van der Waals surface area contributed by atoms with Gasteiger partial charge in [0.15, 0.2) is 0 Å². The molecule has 1 amide bonds. The van der Waals surface area contributed by atoms with E-state index in [0.717, 1.165) is 23.0 Å². The van der Waals surface area contributed by atoms with Crippen molar-refractivity contribution in [3.63, 3.8) is 0 Å². The lowest BCUT2D eigenvalue weighted by atomic mass is 10.1. The Balaban J connectivity index is 1.83. The van der Waals surface area contributed by atoms with Crippen LogP contribution in [0, 0.1) is 0 Å². The summed E-state index contributed by atoms with van der Waals surface area (Å²) in [6, 6.07) is 10.2. The Kier molecular flexibility index (Phi) is 6.06. The number of carbonyl (C=O) groups is 1. The van der Waals surface area contributed by atoms with Gasteiger partial charge in [0.1, 0.15) is 4.32 Å². The fourth-order valence-corrected chi connectivity index (χ4v) is 3.56. The van der Waals surface area contributed by atoms with Crippen molar-refractivity contribution >= 4 is 34.2 Å². The molecule has 114 valence electrons. The number of thioether (sulfide) groups is 1. The number of benzene rings is 1. The third-order valence-corrected chi connectivity index (χ3v) is 5.45. The van der Waals surface area contributed by atoms with E-state index in [0.29, 0.717) is 5.75 Å². The zero-order chi connectivity index (χ0) is 15.2. The van der Waals surface area contributed by atoms with E-state index in [1.54, 1.807) is 4.90 Å². The molecule has 1 atom stereocenters. The predicted octanol–water partition coefficient (Wildman–Crippen LogP) is 3.32. The molecule has 5 heteroatoms. The highest BCUT2D eigenvalue weighted by Gasteiger charge is 2.20. The van der Waals surface area contributed by atoms with Crippen LogP contribution in [0.2, 0.25) is 0 Å². The van der Waals surface area contributed by atoms with Crippen LogP contribution in [-0.2, 0) is 4.79 Å². The van der Waals surface area contributed by atoms with E-state index >= 15 is 0 Å². The van der Waals surface area contributed by atoms with Crippen molar-refractivity contribution in [3.8, 4) is 0 Å². The molecule has 0 radical (unpaired) electrons. The minimum Gasteiger partial charge on any atom is -0.358 e. The fourth-order valence-electron chi connectivity index (χ4n) is 2.39. The van der Waals surface area contributed by atoms with Crippen LogP contribution in [0.4, 0.5) is 0 Å². The van der Waals surface area contributed by atoms with Crippen LogP contribution in [0.5, 0.6) is 0 Å². The summed E-state index contributed by atoms with van der Waals surface area (Å²) >= 11 is 6.88. The van der Waals surface area contributed by atoms with Gasteiger partial charge >= 0.3 is 0 Å². The number of amides is 1. The number of hydrogen-bond donors (Lipinski definition) is 0. The summed E-state index contributed by atoms with van der Waals surface area (Å²) in [5.74, 6) is 0.543. The molecular formula is C16H22N2OS2. The number of thiocarbonyl (C=S) groups is 1. The smallest absolute Gasteiger partial charge is 0.233 e. The van der Waals surface area contributed by atoms with Gasteiger partial charge in [-0.15, -0.1) is 0 Å². The van der Waals surface area contributed by atoms with Gasteiger partial charge in [-0.05, 0) is 25.3 Å². The highest BCUT2D eigenvalue weighted by molar-refractivity contribution is 8.23. The minimum absolute atomic E-state index is 0.0830. The van der Waals surface area contributed by atoms with E-state index in [1.165, 1.54) is 24.6 Å². The third-order valence-electron chi connectivity index (χ3n) is 3.94. The maximum Gasteiger partial charge on any atom is 0.233 e. The molecular weight excluding hydrogens is 300 g/mol. The molecule has 1 aromatic rings. The molecule has 1 saturated heterocycles. The third kappa shape index (κ3) is 4.45. The Labute approximate surface area is 136 Å². The Bertz CT molecular complexity index is 486. The predicted molar refractivity (Wildman–Crippen MR) is 93.5 cm³/mol. The Morgan fingerprint density at radius 3 is 2.57 bits per heavy atom. The van der Waals surface area contributed by atoms with Gasteiger partial charge in [-0.1, -0.05) is 54.3 Å².